The summed E-state index contributed by atoms with van der Waals surface area (Å²) in [6, 6.07) is 0. The zero-order valence-electron chi connectivity index (χ0n) is 11.6. The molecule has 16 heavy (non-hydrogen) atoms. The van der Waals surface area contributed by atoms with Gasteiger partial charge in [-0.15, -0.1) is 0 Å². The molecule has 0 heterocycles. The molecule has 3 heteroatoms. The first-order valence-corrected chi connectivity index (χ1v) is 5.88. The van der Waals surface area contributed by atoms with E-state index in [4.69, 9.17) is 0 Å². The largest absolute Gasteiger partial charge is 0.389 e. The molecule has 0 radical (unpaired) electrons. The predicted octanol–water partition coefficient (Wildman–Crippen LogP) is 1.90. The van der Waals surface area contributed by atoms with Crippen LogP contribution >= 0.6 is 0 Å². The van der Waals surface area contributed by atoms with Crippen LogP contribution in [0.3, 0.4) is 0 Å². The first-order valence-electron chi connectivity index (χ1n) is 5.88. The molecular formula is C13H25NO2. The maximum atomic E-state index is 12.2. The van der Waals surface area contributed by atoms with Crippen LogP contribution in [-0.2, 0) is 4.79 Å². The van der Waals surface area contributed by atoms with Crippen molar-refractivity contribution in [2.75, 3.05) is 13.6 Å². The molecule has 1 fully saturated rings. The summed E-state index contributed by atoms with van der Waals surface area (Å²) in [5.74, 6) is 0.226. The Morgan fingerprint density at radius 1 is 1.25 bits per heavy atom. The Hall–Kier alpha value is -0.570. The van der Waals surface area contributed by atoms with E-state index < -0.39 is 5.60 Å². The molecule has 1 rings (SSSR count). The van der Waals surface area contributed by atoms with Crippen LogP contribution in [0.5, 0.6) is 0 Å². The number of aliphatic hydroxyl groups is 1. The van der Waals surface area contributed by atoms with Crippen LogP contribution in [0.25, 0.3) is 0 Å². The van der Waals surface area contributed by atoms with Crippen molar-refractivity contribution in [3.8, 4) is 0 Å². The van der Waals surface area contributed by atoms with Crippen LogP contribution in [-0.4, -0.2) is 35.1 Å². The molecule has 1 amide bonds. The van der Waals surface area contributed by atoms with E-state index in [0.29, 0.717) is 6.54 Å². The summed E-state index contributed by atoms with van der Waals surface area (Å²) in [5, 5.41) is 9.71. The Bertz CT molecular complexity index is 286. The molecule has 0 atom stereocenters. The summed E-state index contributed by atoms with van der Waals surface area (Å²) in [6.07, 6.45) is 0. The second-order valence-electron chi connectivity index (χ2n) is 6.88. The van der Waals surface area contributed by atoms with Crippen LogP contribution in [0.15, 0.2) is 0 Å². The van der Waals surface area contributed by atoms with Gasteiger partial charge >= 0.3 is 0 Å². The van der Waals surface area contributed by atoms with Crippen LogP contribution < -0.4 is 0 Å². The van der Waals surface area contributed by atoms with Crippen molar-refractivity contribution in [1.82, 2.24) is 4.90 Å². The van der Waals surface area contributed by atoms with Crippen molar-refractivity contribution in [3.63, 3.8) is 0 Å². The lowest BCUT2D eigenvalue weighted by Crippen LogP contribution is -2.41. The van der Waals surface area contributed by atoms with Gasteiger partial charge < -0.3 is 10.0 Å². The second kappa shape index (κ2) is 3.46. The van der Waals surface area contributed by atoms with E-state index in [2.05, 4.69) is 27.7 Å². The number of carbonyl (C=O) groups excluding carboxylic acids is 1. The molecule has 1 saturated carbocycles. The Morgan fingerprint density at radius 2 is 1.62 bits per heavy atom. The summed E-state index contributed by atoms with van der Waals surface area (Å²) in [7, 11) is 1.77. The fourth-order valence-corrected chi connectivity index (χ4v) is 2.69. The third-order valence-electron chi connectivity index (χ3n) is 4.27. The molecule has 94 valence electrons. The summed E-state index contributed by atoms with van der Waals surface area (Å²) in [6.45, 7) is 12.4. The number of rotatable bonds is 3. The van der Waals surface area contributed by atoms with Crippen LogP contribution in [0.1, 0.15) is 41.5 Å². The molecule has 0 aromatic heterocycles. The summed E-state index contributed by atoms with van der Waals surface area (Å²) in [5.41, 5.74) is -0.691. The quantitative estimate of drug-likeness (QED) is 0.800. The Balaban J connectivity index is 2.68. The third-order valence-corrected chi connectivity index (χ3v) is 4.27. The first-order chi connectivity index (χ1) is 6.91. The van der Waals surface area contributed by atoms with E-state index >= 15 is 0 Å². The monoisotopic (exact) mass is 227 g/mol. The van der Waals surface area contributed by atoms with Gasteiger partial charge in [-0.1, -0.05) is 27.7 Å². The van der Waals surface area contributed by atoms with Crippen LogP contribution in [0, 0.1) is 16.7 Å². The molecule has 1 N–H and O–H groups in total. The van der Waals surface area contributed by atoms with Gasteiger partial charge in [-0.25, -0.2) is 0 Å². The second-order valence-corrected chi connectivity index (χ2v) is 6.88. The lowest BCUT2D eigenvalue weighted by molar-refractivity contribution is -0.135. The van der Waals surface area contributed by atoms with E-state index in [1.807, 2.05) is 0 Å². The zero-order valence-corrected chi connectivity index (χ0v) is 11.6. The van der Waals surface area contributed by atoms with Gasteiger partial charge in [0.1, 0.15) is 0 Å². The maximum absolute atomic E-state index is 12.2. The Labute approximate surface area is 98.8 Å². The van der Waals surface area contributed by atoms with Gasteiger partial charge in [0.2, 0.25) is 5.91 Å². The highest BCUT2D eigenvalue weighted by Gasteiger charge is 2.68. The van der Waals surface area contributed by atoms with E-state index in [9.17, 15) is 9.90 Å². The number of likely N-dealkylation sites (N-methyl/N-ethyl adjacent to an activating group) is 1. The minimum atomic E-state index is -0.826. The Kier molecular flexibility index (Phi) is 2.92. The van der Waals surface area contributed by atoms with Gasteiger partial charge in [-0.05, 0) is 24.7 Å². The zero-order chi connectivity index (χ0) is 12.9. The average molecular weight is 227 g/mol. The number of amides is 1. The standard InChI is InChI=1S/C13H25NO2/c1-11(2,16)8-14(7)10(15)9-12(3,4)13(9,5)6/h9,16H,8H2,1-7H3. The normalized spacial score (nSPS) is 23.0. The molecule has 0 bridgehead atoms. The molecular weight excluding hydrogens is 202 g/mol. The molecule has 3 nitrogen and oxygen atoms in total. The van der Waals surface area contributed by atoms with E-state index in [-0.39, 0.29) is 22.7 Å². The van der Waals surface area contributed by atoms with Crippen molar-refractivity contribution in [3.05, 3.63) is 0 Å². The fraction of sp³-hybridized carbons (Fsp3) is 0.923. The number of carbonyl (C=O) groups is 1. The van der Waals surface area contributed by atoms with Crippen LogP contribution in [0.2, 0.25) is 0 Å². The molecule has 0 spiro atoms. The summed E-state index contributed by atoms with van der Waals surface area (Å²) >= 11 is 0. The topological polar surface area (TPSA) is 40.5 Å². The average Bonchev–Trinajstić information content (AvgIpc) is 2.38. The van der Waals surface area contributed by atoms with Gasteiger partial charge in [0.05, 0.1) is 5.60 Å². The highest BCUT2D eigenvalue weighted by Crippen LogP contribution is 2.68. The van der Waals surface area contributed by atoms with Crippen molar-refractivity contribution in [2.45, 2.75) is 47.1 Å². The first kappa shape index (κ1) is 13.5. The number of nitrogens with zero attached hydrogens (tertiary/aromatic N) is 1. The fourth-order valence-electron chi connectivity index (χ4n) is 2.69. The number of hydrogen-bond acceptors (Lipinski definition) is 2. The highest BCUT2D eigenvalue weighted by atomic mass is 16.3. The molecule has 0 saturated heterocycles. The van der Waals surface area contributed by atoms with E-state index in [1.165, 1.54) is 0 Å². The van der Waals surface area contributed by atoms with Crippen molar-refractivity contribution in [2.24, 2.45) is 16.7 Å². The minimum absolute atomic E-state index is 0.0674. The molecule has 0 unspecified atom stereocenters. The van der Waals surface area contributed by atoms with Crippen molar-refractivity contribution in [1.29, 1.82) is 0 Å². The lowest BCUT2D eigenvalue weighted by Gasteiger charge is -2.26. The molecule has 0 aliphatic heterocycles. The lowest BCUT2D eigenvalue weighted by atomic mass is 10.0. The molecule has 1 aliphatic carbocycles. The van der Waals surface area contributed by atoms with Gasteiger partial charge in [-0.2, -0.15) is 0 Å². The van der Waals surface area contributed by atoms with Gasteiger partial charge in [0.25, 0.3) is 0 Å². The maximum Gasteiger partial charge on any atom is 0.226 e. The molecule has 0 aromatic carbocycles. The smallest absolute Gasteiger partial charge is 0.226 e. The van der Waals surface area contributed by atoms with Gasteiger partial charge in [0, 0.05) is 19.5 Å². The van der Waals surface area contributed by atoms with Crippen molar-refractivity contribution >= 4 is 5.91 Å². The van der Waals surface area contributed by atoms with E-state index in [1.54, 1.807) is 25.8 Å². The number of hydrogen-bond donors (Lipinski definition) is 1. The third kappa shape index (κ3) is 2.10. The Morgan fingerprint density at radius 3 is 1.88 bits per heavy atom. The summed E-state index contributed by atoms with van der Waals surface area (Å²) < 4.78 is 0. The minimum Gasteiger partial charge on any atom is -0.389 e. The molecule has 1 aliphatic rings. The summed E-state index contributed by atoms with van der Waals surface area (Å²) in [4.78, 5) is 13.9. The van der Waals surface area contributed by atoms with Gasteiger partial charge in [-0.3, -0.25) is 4.79 Å². The predicted molar refractivity (Wildman–Crippen MR) is 65.0 cm³/mol. The van der Waals surface area contributed by atoms with Crippen LogP contribution in [0.4, 0.5) is 0 Å². The highest BCUT2D eigenvalue weighted by molar-refractivity contribution is 5.84. The van der Waals surface area contributed by atoms with E-state index in [0.717, 1.165) is 0 Å². The molecule has 0 aromatic rings. The van der Waals surface area contributed by atoms with Crippen molar-refractivity contribution < 1.29 is 9.90 Å². The SMILES string of the molecule is CN(CC(C)(C)O)C(=O)C1C(C)(C)C1(C)C. The van der Waals surface area contributed by atoms with Gasteiger partial charge in [0.15, 0.2) is 0 Å².